The number of nitrogens with one attached hydrogen (secondary N) is 1. The Kier molecular flexibility index (Phi) is 5.77. The molecule has 0 fully saturated rings. The van der Waals surface area contributed by atoms with E-state index in [4.69, 9.17) is 4.74 Å². The molecule has 4 nitrogen and oxygen atoms in total. The quantitative estimate of drug-likeness (QED) is 0.852. The average Bonchev–Trinajstić information content (AvgIpc) is 2.96. The molecule has 2 rings (SSSR count). The van der Waals surface area contributed by atoms with Crippen molar-refractivity contribution in [2.75, 3.05) is 11.9 Å². The topological polar surface area (TPSA) is 51.2 Å². The van der Waals surface area contributed by atoms with Crippen LogP contribution in [0.25, 0.3) is 0 Å². The highest BCUT2D eigenvalue weighted by molar-refractivity contribution is 7.09. The van der Waals surface area contributed by atoms with E-state index in [1.807, 2.05) is 31.2 Å². The molecule has 23 heavy (non-hydrogen) atoms. The largest absolute Gasteiger partial charge is 0.492 e. The SMILES string of the molecule is CCOc1ccccc1NC(=O)CCc1nc(C(C)(C)C)cs1. The van der Waals surface area contributed by atoms with Crippen LogP contribution >= 0.6 is 11.3 Å². The summed E-state index contributed by atoms with van der Waals surface area (Å²) in [6.07, 6.45) is 1.07. The Balaban J connectivity index is 1.92. The first kappa shape index (κ1) is 17.5. The van der Waals surface area contributed by atoms with Crippen molar-refractivity contribution in [2.45, 2.75) is 46.0 Å². The molecule has 0 spiro atoms. The highest BCUT2D eigenvalue weighted by Crippen LogP contribution is 2.25. The minimum absolute atomic E-state index is 0.0235. The second-order valence-electron chi connectivity index (χ2n) is 6.35. The Labute approximate surface area is 141 Å². The number of hydrogen-bond acceptors (Lipinski definition) is 4. The summed E-state index contributed by atoms with van der Waals surface area (Å²) in [7, 11) is 0. The summed E-state index contributed by atoms with van der Waals surface area (Å²) in [5.74, 6) is 0.678. The van der Waals surface area contributed by atoms with Crippen molar-refractivity contribution in [1.29, 1.82) is 0 Å². The molecule has 0 aliphatic rings. The maximum absolute atomic E-state index is 12.2. The highest BCUT2D eigenvalue weighted by atomic mass is 32.1. The molecule has 5 heteroatoms. The molecule has 1 heterocycles. The Bertz CT molecular complexity index is 659. The van der Waals surface area contributed by atoms with Gasteiger partial charge in [0, 0.05) is 23.6 Å². The average molecular weight is 332 g/mol. The lowest BCUT2D eigenvalue weighted by Gasteiger charge is -2.14. The van der Waals surface area contributed by atoms with Crippen molar-refractivity contribution in [3.8, 4) is 5.75 Å². The number of ether oxygens (including phenoxy) is 1. The van der Waals surface area contributed by atoms with Gasteiger partial charge in [0.15, 0.2) is 0 Å². The number of aryl methyl sites for hydroxylation is 1. The second kappa shape index (κ2) is 7.59. The van der Waals surface area contributed by atoms with Crippen molar-refractivity contribution in [2.24, 2.45) is 0 Å². The molecule has 0 saturated carbocycles. The van der Waals surface area contributed by atoms with E-state index in [-0.39, 0.29) is 11.3 Å². The van der Waals surface area contributed by atoms with Gasteiger partial charge in [-0.05, 0) is 19.1 Å². The molecule has 0 atom stereocenters. The van der Waals surface area contributed by atoms with E-state index in [0.29, 0.717) is 30.9 Å². The predicted octanol–water partition coefficient (Wildman–Crippen LogP) is 4.41. The maximum atomic E-state index is 12.2. The van der Waals surface area contributed by atoms with Crippen molar-refractivity contribution < 1.29 is 9.53 Å². The van der Waals surface area contributed by atoms with Gasteiger partial charge in [0.05, 0.1) is 23.0 Å². The summed E-state index contributed by atoms with van der Waals surface area (Å²) >= 11 is 1.62. The molecule has 0 unspecified atom stereocenters. The maximum Gasteiger partial charge on any atom is 0.224 e. The standard InChI is InChI=1S/C18H24N2O2S/c1-5-22-14-9-7-6-8-13(14)19-16(21)10-11-17-20-15(12-23-17)18(2,3)4/h6-9,12H,5,10-11H2,1-4H3,(H,19,21). The number of amides is 1. The number of carbonyl (C=O) groups is 1. The number of aromatic nitrogens is 1. The van der Waals surface area contributed by atoms with Crippen molar-refractivity contribution >= 4 is 22.9 Å². The Morgan fingerprint density at radius 2 is 2.04 bits per heavy atom. The van der Waals surface area contributed by atoms with Gasteiger partial charge in [-0.15, -0.1) is 11.3 Å². The van der Waals surface area contributed by atoms with E-state index in [1.165, 1.54) is 0 Å². The number of hydrogen-bond donors (Lipinski definition) is 1. The van der Waals surface area contributed by atoms with Gasteiger partial charge in [-0.3, -0.25) is 4.79 Å². The van der Waals surface area contributed by atoms with Gasteiger partial charge in [0.25, 0.3) is 0 Å². The van der Waals surface area contributed by atoms with Crippen molar-refractivity contribution in [1.82, 2.24) is 4.98 Å². The normalized spacial score (nSPS) is 11.3. The summed E-state index contributed by atoms with van der Waals surface area (Å²) in [5, 5.41) is 6.00. The van der Waals surface area contributed by atoms with Crippen LogP contribution in [0, 0.1) is 0 Å². The third-order valence-corrected chi connectivity index (χ3v) is 4.26. The fourth-order valence-corrected chi connectivity index (χ4v) is 3.08. The lowest BCUT2D eigenvalue weighted by Crippen LogP contribution is -2.14. The fourth-order valence-electron chi connectivity index (χ4n) is 2.05. The molecule has 0 aliphatic heterocycles. The van der Waals surface area contributed by atoms with E-state index in [0.717, 1.165) is 10.7 Å². The number of nitrogens with zero attached hydrogens (tertiary/aromatic N) is 1. The van der Waals surface area contributed by atoms with E-state index in [9.17, 15) is 4.79 Å². The van der Waals surface area contributed by atoms with Gasteiger partial charge in [0.1, 0.15) is 5.75 Å². The highest BCUT2D eigenvalue weighted by Gasteiger charge is 2.17. The smallest absolute Gasteiger partial charge is 0.224 e. The zero-order valence-electron chi connectivity index (χ0n) is 14.2. The molecule has 124 valence electrons. The van der Waals surface area contributed by atoms with Crippen LogP contribution in [-0.4, -0.2) is 17.5 Å². The first-order chi connectivity index (χ1) is 10.9. The number of para-hydroxylation sites is 2. The number of thiazole rings is 1. The third-order valence-electron chi connectivity index (χ3n) is 3.35. The van der Waals surface area contributed by atoms with Gasteiger partial charge in [-0.2, -0.15) is 0 Å². The van der Waals surface area contributed by atoms with Crippen LogP contribution < -0.4 is 10.1 Å². The van der Waals surface area contributed by atoms with Crippen LogP contribution in [0.15, 0.2) is 29.6 Å². The monoisotopic (exact) mass is 332 g/mol. The minimum Gasteiger partial charge on any atom is -0.492 e. The lowest BCUT2D eigenvalue weighted by atomic mass is 9.93. The first-order valence-corrected chi connectivity index (χ1v) is 8.74. The molecule has 0 saturated heterocycles. The first-order valence-electron chi connectivity index (χ1n) is 7.86. The van der Waals surface area contributed by atoms with Crippen molar-refractivity contribution in [3.05, 3.63) is 40.3 Å². The Morgan fingerprint density at radius 1 is 1.30 bits per heavy atom. The lowest BCUT2D eigenvalue weighted by molar-refractivity contribution is -0.116. The number of rotatable bonds is 6. The van der Waals surface area contributed by atoms with Crippen LogP contribution in [0.1, 0.15) is 44.8 Å². The fraction of sp³-hybridized carbons (Fsp3) is 0.444. The van der Waals surface area contributed by atoms with Crippen molar-refractivity contribution in [3.63, 3.8) is 0 Å². The molecule has 1 aromatic carbocycles. The summed E-state index contributed by atoms with van der Waals surface area (Å²) in [6, 6.07) is 7.48. The van der Waals surface area contributed by atoms with Crippen LogP contribution in [0.4, 0.5) is 5.69 Å². The summed E-state index contributed by atoms with van der Waals surface area (Å²) in [4.78, 5) is 16.8. The van der Waals surface area contributed by atoms with Crippen LogP contribution in [0.2, 0.25) is 0 Å². The summed E-state index contributed by atoms with van der Waals surface area (Å²) < 4.78 is 5.52. The molecule has 0 aliphatic carbocycles. The molecule has 1 amide bonds. The molecule has 2 aromatic rings. The Hall–Kier alpha value is -1.88. The summed E-state index contributed by atoms with van der Waals surface area (Å²) in [5.41, 5.74) is 1.85. The molecular formula is C18H24N2O2S. The third kappa shape index (κ3) is 5.06. The van der Waals surface area contributed by atoms with Crippen LogP contribution in [-0.2, 0) is 16.6 Å². The van der Waals surface area contributed by atoms with Gasteiger partial charge < -0.3 is 10.1 Å². The van der Waals surface area contributed by atoms with E-state index in [2.05, 4.69) is 36.5 Å². The number of benzene rings is 1. The Morgan fingerprint density at radius 3 is 2.70 bits per heavy atom. The number of carbonyl (C=O) groups excluding carboxylic acids is 1. The molecule has 0 radical (unpaired) electrons. The van der Waals surface area contributed by atoms with E-state index < -0.39 is 0 Å². The zero-order chi connectivity index (χ0) is 16.9. The minimum atomic E-state index is -0.0235. The zero-order valence-corrected chi connectivity index (χ0v) is 15.0. The van der Waals surface area contributed by atoms with Crippen LogP contribution in [0.5, 0.6) is 5.75 Å². The van der Waals surface area contributed by atoms with E-state index >= 15 is 0 Å². The van der Waals surface area contributed by atoms with Gasteiger partial charge in [-0.25, -0.2) is 4.98 Å². The number of anilines is 1. The second-order valence-corrected chi connectivity index (χ2v) is 7.30. The molecule has 1 aromatic heterocycles. The molecule has 1 N–H and O–H groups in total. The van der Waals surface area contributed by atoms with Crippen LogP contribution in [0.3, 0.4) is 0 Å². The van der Waals surface area contributed by atoms with Gasteiger partial charge >= 0.3 is 0 Å². The van der Waals surface area contributed by atoms with E-state index in [1.54, 1.807) is 11.3 Å². The van der Waals surface area contributed by atoms with Gasteiger partial charge in [-0.1, -0.05) is 32.9 Å². The molecular weight excluding hydrogens is 308 g/mol. The van der Waals surface area contributed by atoms with Gasteiger partial charge in [0.2, 0.25) is 5.91 Å². The predicted molar refractivity (Wildman–Crippen MR) is 95.4 cm³/mol. The molecule has 0 bridgehead atoms. The summed E-state index contributed by atoms with van der Waals surface area (Å²) in [6.45, 7) is 8.92.